The standard InChI is InChI=1S/C46H30/c1-3-13-35-29-37(27-23-31(35)11-1)33-21-25-34(26-22-33)45-41-17-7-9-19-43(41)46(44-20-10-8-18-42(44)45)40-16-6-5-15-39(40)38-28-24-32-12-2-4-14-36(32)30-38/h1-30H. The Hall–Kier alpha value is -5.98. The molecule has 0 bridgehead atoms. The van der Waals surface area contributed by atoms with E-state index in [9.17, 15) is 0 Å². The molecule has 0 nitrogen and oxygen atoms in total. The van der Waals surface area contributed by atoms with Gasteiger partial charge in [0.15, 0.2) is 0 Å². The van der Waals surface area contributed by atoms with E-state index < -0.39 is 0 Å². The molecule has 0 radical (unpaired) electrons. The summed E-state index contributed by atoms with van der Waals surface area (Å²) in [5.41, 5.74) is 9.99. The minimum atomic E-state index is 1.23. The van der Waals surface area contributed by atoms with Crippen LogP contribution in [0.25, 0.3) is 87.6 Å². The van der Waals surface area contributed by atoms with E-state index in [1.54, 1.807) is 0 Å². The molecule has 0 aromatic heterocycles. The van der Waals surface area contributed by atoms with Crippen molar-refractivity contribution in [2.45, 2.75) is 0 Å². The van der Waals surface area contributed by atoms with Crippen LogP contribution in [0.15, 0.2) is 182 Å². The van der Waals surface area contributed by atoms with Gasteiger partial charge in [-0.2, -0.15) is 0 Å². The average molecular weight is 583 g/mol. The molecular weight excluding hydrogens is 553 g/mol. The van der Waals surface area contributed by atoms with E-state index in [0.717, 1.165) is 0 Å². The minimum absolute atomic E-state index is 1.23. The van der Waals surface area contributed by atoms with Crippen LogP contribution in [0.5, 0.6) is 0 Å². The molecule has 9 rings (SSSR count). The molecule has 9 aromatic rings. The minimum Gasteiger partial charge on any atom is -0.0616 e. The Labute approximate surface area is 268 Å². The van der Waals surface area contributed by atoms with E-state index >= 15 is 0 Å². The highest BCUT2D eigenvalue weighted by atomic mass is 14.2. The van der Waals surface area contributed by atoms with Gasteiger partial charge in [-0.25, -0.2) is 0 Å². The van der Waals surface area contributed by atoms with Gasteiger partial charge < -0.3 is 0 Å². The summed E-state index contributed by atoms with van der Waals surface area (Å²) >= 11 is 0. The maximum atomic E-state index is 2.32. The molecule has 0 spiro atoms. The number of hydrogen-bond donors (Lipinski definition) is 0. The molecule has 0 aliphatic heterocycles. The molecule has 46 heavy (non-hydrogen) atoms. The van der Waals surface area contributed by atoms with Crippen LogP contribution in [0.4, 0.5) is 0 Å². The number of rotatable bonds is 4. The highest BCUT2D eigenvalue weighted by molar-refractivity contribution is 6.22. The molecule has 0 atom stereocenters. The fourth-order valence-corrected chi connectivity index (χ4v) is 7.24. The fraction of sp³-hybridized carbons (Fsp3) is 0. The van der Waals surface area contributed by atoms with Crippen molar-refractivity contribution in [3.8, 4) is 44.5 Å². The molecule has 9 aromatic carbocycles. The van der Waals surface area contributed by atoms with Crippen LogP contribution in [-0.2, 0) is 0 Å². The van der Waals surface area contributed by atoms with Crippen LogP contribution in [0.3, 0.4) is 0 Å². The summed E-state index contributed by atoms with van der Waals surface area (Å²) in [7, 11) is 0. The quantitative estimate of drug-likeness (QED) is 0.181. The summed E-state index contributed by atoms with van der Waals surface area (Å²) in [5, 5.41) is 10.1. The van der Waals surface area contributed by atoms with Crippen LogP contribution in [0.2, 0.25) is 0 Å². The second kappa shape index (κ2) is 10.9. The summed E-state index contributed by atoms with van der Waals surface area (Å²) in [6.45, 7) is 0. The Morgan fingerprint density at radius 3 is 1.20 bits per heavy atom. The molecule has 214 valence electrons. The molecule has 0 amide bonds. The van der Waals surface area contributed by atoms with Gasteiger partial charge in [-0.1, -0.05) is 170 Å². The van der Waals surface area contributed by atoms with Crippen molar-refractivity contribution in [3.05, 3.63) is 182 Å². The van der Waals surface area contributed by atoms with E-state index in [0.29, 0.717) is 0 Å². The van der Waals surface area contributed by atoms with Crippen molar-refractivity contribution in [1.29, 1.82) is 0 Å². The van der Waals surface area contributed by atoms with Crippen LogP contribution < -0.4 is 0 Å². The van der Waals surface area contributed by atoms with Gasteiger partial charge in [-0.15, -0.1) is 0 Å². The lowest BCUT2D eigenvalue weighted by molar-refractivity contribution is 1.61. The maximum Gasteiger partial charge on any atom is -0.00201 e. The first-order chi connectivity index (χ1) is 22.8. The van der Waals surface area contributed by atoms with E-state index in [1.807, 2.05) is 0 Å². The van der Waals surface area contributed by atoms with Gasteiger partial charge in [-0.05, 0) is 99.7 Å². The third-order valence-electron chi connectivity index (χ3n) is 9.44. The average Bonchev–Trinajstić information content (AvgIpc) is 3.13. The molecule has 0 aliphatic rings. The van der Waals surface area contributed by atoms with Gasteiger partial charge >= 0.3 is 0 Å². The largest absolute Gasteiger partial charge is 0.0616 e. The first-order valence-electron chi connectivity index (χ1n) is 15.9. The van der Waals surface area contributed by atoms with Gasteiger partial charge in [-0.3, -0.25) is 0 Å². The van der Waals surface area contributed by atoms with E-state index in [4.69, 9.17) is 0 Å². The molecule has 0 heteroatoms. The van der Waals surface area contributed by atoms with E-state index in [-0.39, 0.29) is 0 Å². The predicted molar refractivity (Wildman–Crippen MR) is 198 cm³/mol. The summed E-state index contributed by atoms with van der Waals surface area (Å²) in [6.07, 6.45) is 0. The lowest BCUT2D eigenvalue weighted by Gasteiger charge is -2.20. The number of fused-ring (bicyclic) bond motifs is 4. The van der Waals surface area contributed by atoms with Crippen LogP contribution >= 0.6 is 0 Å². The third kappa shape index (κ3) is 4.38. The highest BCUT2D eigenvalue weighted by Gasteiger charge is 2.19. The molecular formula is C46H30. The molecule has 0 saturated carbocycles. The molecule has 0 aliphatic carbocycles. The van der Waals surface area contributed by atoms with E-state index in [2.05, 4.69) is 182 Å². The van der Waals surface area contributed by atoms with Crippen LogP contribution in [-0.4, -0.2) is 0 Å². The molecule has 0 heterocycles. The molecule has 0 unspecified atom stereocenters. The van der Waals surface area contributed by atoms with Gasteiger partial charge in [0.25, 0.3) is 0 Å². The van der Waals surface area contributed by atoms with Crippen molar-refractivity contribution in [1.82, 2.24) is 0 Å². The Balaban J connectivity index is 1.24. The number of benzene rings is 9. The van der Waals surface area contributed by atoms with Crippen molar-refractivity contribution < 1.29 is 0 Å². The topological polar surface area (TPSA) is 0 Å². The normalized spacial score (nSPS) is 11.5. The zero-order valence-electron chi connectivity index (χ0n) is 25.3. The summed E-state index contributed by atoms with van der Waals surface area (Å²) in [4.78, 5) is 0. The Bertz CT molecular complexity index is 2510. The molecule has 0 fully saturated rings. The summed E-state index contributed by atoms with van der Waals surface area (Å²) < 4.78 is 0. The summed E-state index contributed by atoms with van der Waals surface area (Å²) in [5.74, 6) is 0. The number of hydrogen-bond acceptors (Lipinski definition) is 0. The van der Waals surface area contributed by atoms with Crippen molar-refractivity contribution >= 4 is 43.1 Å². The van der Waals surface area contributed by atoms with Gasteiger partial charge in [0.1, 0.15) is 0 Å². The van der Waals surface area contributed by atoms with Crippen LogP contribution in [0, 0.1) is 0 Å². The van der Waals surface area contributed by atoms with Gasteiger partial charge in [0.05, 0.1) is 0 Å². The Morgan fingerprint density at radius 1 is 0.217 bits per heavy atom. The zero-order valence-corrected chi connectivity index (χ0v) is 25.3. The Morgan fingerprint density at radius 2 is 0.609 bits per heavy atom. The smallest absolute Gasteiger partial charge is 0.00201 e. The SMILES string of the molecule is c1ccc(-c2c3ccccc3c(-c3ccc(-c4ccc5ccccc5c4)cc3)c3ccccc23)c(-c2ccc3ccccc3c2)c1. The first kappa shape index (κ1) is 26.4. The second-order valence-electron chi connectivity index (χ2n) is 12.1. The van der Waals surface area contributed by atoms with Crippen molar-refractivity contribution in [3.63, 3.8) is 0 Å². The fourth-order valence-electron chi connectivity index (χ4n) is 7.24. The Kier molecular flexibility index (Phi) is 6.25. The first-order valence-corrected chi connectivity index (χ1v) is 15.9. The zero-order chi connectivity index (χ0) is 30.5. The van der Waals surface area contributed by atoms with Gasteiger partial charge in [0, 0.05) is 0 Å². The van der Waals surface area contributed by atoms with Crippen LogP contribution in [0.1, 0.15) is 0 Å². The maximum absolute atomic E-state index is 2.32. The second-order valence-corrected chi connectivity index (χ2v) is 12.1. The molecule has 0 N–H and O–H groups in total. The predicted octanol–water partition coefficient (Wildman–Crippen LogP) is 13.0. The molecule has 0 saturated heterocycles. The monoisotopic (exact) mass is 582 g/mol. The lowest BCUT2D eigenvalue weighted by atomic mass is 9.83. The van der Waals surface area contributed by atoms with E-state index in [1.165, 1.54) is 87.6 Å². The summed E-state index contributed by atoms with van der Waals surface area (Å²) in [6, 6.07) is 66.6. The lowest BCUT2D eigenvalue weighted by Crippen LogP contribution is -1.93. The van der Waals surface area contributed by atoms with Crippen molar-refractivity contribution in [2.24, 2.45) is 0 Å². The van der Waals surface area contributed by atoms with Gasteiger partial charge in [0.2, 0.25) is 0 Å². The third-order valence-corrected chi connectivity index (χ3v) is 9.44. The van der Waals surface area contributed by atoms with Crippen molar-refractivity contribution in [2.75, 3.05) is 0 Å². The highest BCUT2D eigenvalue weighted by Crippen LogP contribution is 2.46.